The largest absolute Gasteiger partial charge is 0.348 e. The molecule has 6 heteroatoms. The van der Waals surface area contributed by atoms with Crippen LogP contribution in [0.25, 0.3) is 0 Å². The van der Waals surface area contributed by atoms with E-state index >= 15 is 0 Å². The van der Waals surface area contributed by atoms with Gasteiger partial charge in [-0.2, -0.15) is 0 Å². The van der Waals surface area contributed by atoms with Crippen molar-refractivity contribution >= 4 is 28.8 Å². The van der Waals surface area contributed by atoms with E-state index in [-0.39, 0.29) is 24.3 Å². The lowest BCUT2D eigenvalue weighted by Crippen LogP contribution is -2.35. The van der Waals surface area contributed by atoms with Gasteiger partial charge in [0.25, 0.3) is 0 Å². The molecule has 1 aliphatic heterocycles. The average molecular weight is 315 g/mol. The first kappa shape index (κ1) is 14.7. The molecule has 1 aromatic heterocycles. The molecular weight excluding hydrogens is 298 g/mol. The van der Waals surface area contributed by atoms with Crippen LogP contribution in [0.2, 0.25) is 0 Å². The number of para-hydroxylation sites is 1. The maximum atomic E-state index is 12.3. The van der Waals surface area contributed by atoms with Crippen LogP contribution in [0.15, 0.2) is 24.3 Å². The molecule has 2 N–H and O–H groups in total. The topological polar surface area (TPSA) is 71.1 Å². The fourth-order valence-corrected chi connectivity index (χ4v) is 3.60. The molecule has 1 aliphatic rings. The first-order valence-electron chi connectivity index (χ1n) is 7.14. The molecule has 2 heterocycles. The molecule has 5 nitrogen and oxygen atoms in total. The van der Waals surface area contributed by atoms with Crippen molar-refractivity contribution in [2.75, 3.05) is 5.32 Å². The number of carbonyl (C=O) groups is 2. The smallest absolute Gasteiger partial charge is 0.226 e. The maximum Gasteiger partial charge on any atom is 0.226 e. The summed E-state index contributed by atoms with van der Waals surface area (Å²) in [6, 6.07) is 7.29. The zero-order valence-electron chi connectivity index (χ0n) is 12.5. The number of hydrogen-bond acceptors (Lipinski definition) is 4. The molecule has 22 heavy (non-hydrogen) atoms. The predicted octanol–water partition coefficient (Wildman–Crippen LogP) is 2.50. The summed E-state index contributed by atoms with van der Waals surface area (Å²) in [4.78, 5) is 29.4. The van der Waals surface area contributed by atoms with Crippen LogP contribution >= 0.6 is 11.3 Å². The van der Waals surface area contributed by atoms with E-state index in [2.05, 4.69) is 15.6 Å². The second-order valence-electron chi connectivity index (χ2n) is 5.38. The maximum absolute atomic E-state index is 12.3. The summed E-state index contributed by atoms with van der Waals surface area (Å²) >= 11 is 1.54. The molecule has 0 spiro atoms. The first-order valence-corrected chi connectivity index (χ1v) is 7.95. The number of aryl methyl sites for hydroxylation is 2. The molecule has 0 saturated heterocycles. The molecule has 0 radical (unpaired) electrons. The Balaban J connectivity index is 1.74. The molecule has 0 fully saturated rings. The number of carbonyl (C=O) groups excluding carboxylic acids is 2. The van der Waals surface area contributed by atoms with Crippen molar-refractivity contribution in [3.63, 3.8) is 0 Å². The number of fused-ring (bicyclic) bond motifs is 1. The third kappa shape index (κ3) is 3.01. The van der Waals surface area contributed by atoms with Gasteiger partial charge in [0.05, 0.1) is 29.6 Å². The minimum atomic E-state index is -0.272. The summed E-state index contributed by atoms with van der Waals surface area (Å²) in [6.45, 7) is 3.84. The van der Waals surface area contributed by atoms with E-state index < -0.39 is 0 Å². The summed E-state index contributed by atoms with van der Waals surface area (Å²) < 4.78 is 0. The van der Waals surface area contributed by atoms with Gasteiger partial charge in [-0.15, -0.1) is 11.3 Å². The van der Waals surface area contributed by atoms with Crippen molar-refractivity contribution in [1.29, 1.82) is 0 Å². The van der Waals surface area contributed by atoms with Gasteiger partial charge in [-0.25, -0.2) is 4.98 Å². The fourth-order valence-electron chi connectivity index (χ4n) is 2.67. The van der Waals surface area contributed by atoms with Crippen molar-refractivity contribution in [3.8, 4) is 0 Å². The van der Waals surface area contributed by atoms with E-state index in [1.54, 1.807) is 0 Å². The highest BCUT2D eigenvalue weighted by Gasteiger charge is 2.26. The number of hydrogen-bond donors (Lipinski definition) is 2. The minimum absolute atomic E-state index is 0.0752. The average Bonchev–Trinajstić information content (AvgIpc) is 2.76. The number of thiazole rings is 1. The molecule has 3 rings (SSSR count). The monoisotopic (exact) mass is 315 g/mol. The van der Waals surface area contributed by atoms with Crippen LogP contribution in [0, 0.1) is 13.8 Å². The minimum Gasteiger partial charge on any atom is -0.348 e. The summed E-state index contributed by atoms with van der Waals surface area (Å²) in [5, 5.41) is 6.76. The molecule has 0 saturated carbocycles. The third-order valence-corrected chi connectivity index (χ3v) is 4.73. The normalized spacial score (nSPS) is 16.8. The highest BCUT2D eigenvalue weighted by molar-refractivity contribution is 7.11. The van der Waals surface area contributed by atoms with Crippen molar-refractivity contribution in [2.24, 2.45) is 0 Å². The van der Waals surface area contributed by atoms with Gasteiger partial charge in [0.15, 0.2) is 0 Å². The van der Waals surface area contributed by atoms with E-state index in [0.717, 1.165) is 26.8 Å². The Hall–Kier alpha value is -2.21. The summed E-state index contributed by atoms with van der Waals surface area (Å²) in [6.07, 6.45) is 0.571. The van der Waals surface area contributed by atoms with Crippen molar-refractivity contribution in [3.05, 3.63) is 45.4 Å². The van der Waals surface area contributed by atoms with Gasteiger partial charge in [0, 0.05) is 10.6 Å². The Morgan fingerprint density at radius 1 is 1.41 bits per heavy atom. The van der Waals surface area contributed by atoms with Gasteiger partial charge < -0.3 is 10.6 Å². The standard InChI is InChI=1S/C16H17N3O2S/c1-9-14(22-10(2)17-9)8-16(21)19-13-7-15(20)18-12-6-4-3-5-11(12)13/h3-6,13H,7-8H2,1-2H3,(H,18,20)(H,19,21)/t13-/m0/s1. The summed E-state index contributed by atoms with van der Waals surface area (Å²) in [5.41, 5.74) is 2.63. The highest BCUT2D eigenvalue weighted by atomic mass is 32.1. The molecule has 114 valence electrons. The second-order valence-corrected chi connectivity index (χ2v) is 6.67. The van der Waals surface area contributed by atoms with Crippen molar-refractivity contribution < 1.29 is 9.59 Å². The molecule has 0 aliphatic carbocycles. The Kier molecular flexibility index (Phi) is 3.94. The van der Waals surface area contributed by atoms with Gasteiger partial charge in [-0.3, -0.25) is 9.59 Å². The molecule has 1 atom stereocenters. The molecular formula is C16H17N3O2S. The van der Waals surface area contributed by atoms with E-state index in [1.165, 1.54) is 11.3 Å². The number of amides is 2. The lowest BCUT2D eigenvalue weighted by atomic mass is 9.97. The molecule has 0 bridgehead atoms. The molecule has 0 unspecified atom stereocenters. The first-order chi connectivity index (χ1) is 10.5. The Morgan fingerprint density at radius 3 is 2.91 bits per heavy atom. The van der Waals surface area contributed by atoms with Crippen LogP contribution in [-0.2, 0) is 16.0 Å². The number of nitrogens with one attached hydrogen (secondary N) is 2. The van der Waals surface area contributed by atoms with Gasteiger partial charge >= 0.3 is 0 Å². The van der Waals surface area contributed by atoms with Crippen LogP contribution in [-0.4, -0.2) is 16.8 Å². The Bertz CT molecular complexity index is 739. The zero-order chi connectivity index (χ0) is 15.7. The Labute approximate surface area is 132 Å². The van der Waals surface area contributed by atoms with Gasteiger partial charge in [0.1, 0.15) is 0 Å². The summed E-state index contributed by atoms with van der Waals surface area (Å²) in [7, 11) is 0. The van der Waals surface area contributed by atoms with E-state index in [4.69, 9.17) is 0 Å². The number of nitrogens with zero attached hydrogens (tertiary/aromatic N) is 1. The highest BCUT2D eigenvalue weighted by Crippen LogP contribution is 2.30. The van der Waals surface area contributed by atoms with E-state index in [0.29, 0.717) is 6.42 Å². The SMILES string of the molecule is Cc1nc(C)c(CC(=O)N[C@H]2CC(=O)Nc3ccccc32)s1. The predicted molar refractivity (Wildman–Crippen MR) is 85.9 cm³/mol. The van der Waals surface area contributed by atoms with E-state index in [9.17, 15) is 9.59 Å². The summed E-state index contributed by atoms with van der Waals surface area (Å²) in [5.74, 6) is -0.157. The van der Waals surface area contributed by atoms with Crippen molar-refractivity contribution in [1.82, 2.24) is 10.3 Å². The molecule has 1 aromatic carbocycles. The van der Waals surface area contributed by atoms with Crippen LogP contribution in [0.4, 0.5) is 5.69 Å². The quantitative estimate of drug-likeness (QED) is 0.914. The number of anilines is 1. The van der Waals surface area contributed by atoms with Crippen LogP contribution in [0.5, 0.6) is 0 Å². The lowest BCUT2D eigenvalue weighted by Gasteiger charge is -2.26. The second kappa shape index (κ2) is 5.88. The van der Waals surface area contributed by atoms with Gasteiger partial charge in [0.2, 0.25) is 11.8 Å². The van der Waals surface area contributed by atoms with Crippen molar-refractivity contribution in [2.45, 2.75) is 32.7 Å². The number of benzene rings is 1. The Morgan fingerprint density at radius 2 is 2.18 bits per heavy atom. The van der Waals surface area contributed by atoms with E-state index in [1.807, 2.05) is 38.1 Å². The van der Waals surface area contributed by atoms with Crippen LogP contribution in [0.1, 0.15) is 33.6 Å². The van der Waals surface area contributed by atoms with Gasteiger partial charge in [-0.05, 0) is 25.5 Å². The molecule has 2 amide bonds. The lowest BCUT2D eigenvalue weighted by molar-refractivity contribution is -0.122. The number of aromatic nitrogens is 1. The van der Waals surface area contributed by atoms with Crippen LogP contribution in [0.3, 0.4) is 0 Å². The van der Waals surface area contributed by atoms with Crippen LogP contribution < -0.4 is 10.6 Å². The number of rotatable bonds is 3. The zero-order valence-corrected chi connectivity index (χ0v) is 13.3. The van der Waals surface area contributed by atoms with Gasteiger partial charge in [-0.1, -0.05) is 18.2 Å². The fraction of sp³-hybridized carbons (Fsp3) is 0.312. The third-order valence-electron chi connectivity index (χ3n) is 3.66. The molecule has 2 aromatic rings.